The van der Waals surface area contributed by atoms with Crippen molar-refractivity contribution in [3.05, 3.63) is 54.1 Å². The lowest BCUT2D eigenvalue weighted by atomic mass is 10.1. The van der Waals surface area contributed by atoms with Crippen LogP contribution in [0.25, 0.3) is 0 Å². The van der Waals surface area contributed by atoms with E-state index in [4.69, 9.17) is 10.5 Å². The van der Waals surface area contributed by atoms with E-state index in [1.807, 2.05) is 29.0 Å². The molecular weight excluding hydrogens is 423 g/mol. The topological polar surface area (TPSA) is 82.2 Å². The molecule has 168 valence electrons. The molecule has 1 atom stereocenters. The summed E-state index contributed by atoms with van der Waals surface area (Å²) in [5.41, 5.74) is 8.09. The van der Waals surface area contributed by atoms with Crippen LogP contribution in [0.15, 0.2) is 42.9 Å². The summed E-state index contributed by atoms with van der Waals surface area (Å²) in [6, 6.07) is 9.60. The van der Waals surface area contributed by atoms with Crippen molar-refractivity contribution >= 4 is 30.7 Å². The Morgan fingerprint density at radius 3 is 2.57 bits per heavy atom. The molecule has 0 bridgehead atoms. The molecule has 1 amide bonds. The fourth-order valence-corrected chi connectivity index (χ4v) is 3.65. The highest BCUT2D eigenvalue weighted by atomic mass is 35.5. The number of ether oxygens (including phenoxy) is 1. The summed E-state index contributed by atoms with van der Waals surface area (Å²) in [7, 11) is 0. The Morgan fingerprint density at radius 1 is 1.17 bits per heavy atom. The molecule has 0 unspecified atom stereocenters. The molecule has 1 aromatic carbocycles. The van der Waals surface area contributed by atoms with Gasteiger partial charge in [0.15, 0.2) is 0 Å². The van der Waals surface area contributed by atoms with Crippen LogP contribution in [0.1, 0.15) is 49.8 Å². The molecular formula is C22H34Cl2N4O2. The number of rotatable bonds is 9. The Morgan fingerprint density at radius 2 is 1.87 bits per heavy atom. The number of benzene rings is 1. The maximum atomic E-state index is 12.2. The Hall–Kier alpha value is -1.60. The van der Waals surface area contributed by atoms with Crippen molar-refractivity contribution < 1.29 is 9.53 Å². The summed E-state index contributed by atoms with van der Waals surface area (Å²) in [6.07, 6.45) is 11.9. The Balaban J connectivity index is 0.00000225. The maximum absolute atomic E-state index is 12.2. The molecule has 0 spiro atoms. The second-order valence-corrected chi connectivity index (χ2v) is 7.61. The number of carbonyl (C=O) groups is 1. The van der Waals surface area contributed by atoms with Gasteiger partial charge in [0.2, 0.25) is 5.91 Å². The third-order valence-corrected chi connectivity index (χ3v) is 5.22. The summed E-state index contributed by atoms with van der Waals surface area (Å²) in [4.78, 5) is 16.6. The van der Waals surface area contributed by atoms with Crippen molar-refractivity contribution in [2.45, 2.75) is 63.6 Å². The molecule has 0 aliphatic heterocycles. The van der Waals surface area contributed by atoms with Crippen LogP contribution in [0, 0.1) is 0 Å². The minimum atomic E-state index is -0.599. The first kappa shape index (κ1) is 26.4. The van der Waals surface area contributed by atoms with Gasteiger partial charge in [0.1, 0.15) is 0 Å². The van der Waals surface area contributed by atoms with Crippen LogP contribution in [-0.2, 0) is 22.5 Å². The van der Waals surface area contributed by atoms with Gasteiger partial charge in [-0.2, -0.15) is 0 Å². The number of halogens is 2. The highest BCUT2D eigenvalue weighted by Crippen LogP contribution is 2.19. The van der Waals surface area contributed by atoms with Crippen LogP contribution < -0.4 is 11.1 Å². The predicted octanol–water partition coefficient (Wildman–Crippen LogP) is 3.50. The molecule has 1 fully saturated rings. The van der Waals surface area contributed by atoms with E-state index in [-0.39, 0.29) is 30.7 Å². The predicted molar refractivity (Wildman–Crippen MR) is 124 cm³/mol. The standard InChI is InChI=1S/C22H32N4O2.2ClH/c23-21(22(27)24-12-13-28-20-10-6-1-2-7-11-20)14-19-16-26(17-25-19)15-18-8-4-3-5-9-18;;/h3-5,8-9,16-17,20-21H,1-2,6-7,10-15,23H2,(H,24,27);2*1H/t21-;;/m0../s1. The Kier molecular flexibility index (Phi) is 12.7. The third kappa shape index (κ3) is 9.04. The molecule has 8 heteroatoms. The number of nitrogens with two attached hydrogens (primary N) is 1. The largest absolute Gasteiger partial charge is 0.376 e. The van der Waals surface area contributed by atoms with Crippen LogP contribution in [0.2, 0.25) is 0 Å². The first-order chi connectivity index (χ1) is 13.7. The van der Waals surface area contributed by atoms with Crippen LogP contribution in [-0.4, -0.2) is 40.8 Å². The van der Waals surface area contributed by atoms with Crippen LogP contribution in [0.5, 0.6) is 0 Å². The number of nitrogens with zero attached hydrogens (tertiary/aromatic N) is 2. The van der Waals surface area contributed by atoms with E-state index in [1.54, 1.807) is 6.33 Å². The van der Waals surface area contributed by atoms with Crippen LogP contribution in [0.4, 0.5) is 0 Å². The first-order valence-electron chi connectivity index (χ1n) is 10.4. The lowest BCUT2D eigenvalue weighted by molar-refractivity contribution is -0.122. The van der Waals surface area contributed by atoms with Gasteiger partial charge in [-0.05, 0) is 18.4 Å². The van der Waals surface area contributed by atoms with Gasteiger partial charge in [0.25, 0.3) is 0 Å². The van der Waals surface area contributed by atoms with Gasteiger partial charge in [-0.25, -0.2) is 4.98 Å². The van der Waals surface area contributed by atoms with E-state index in [0.29, 0.717) is 25.7 Å². The van der Waals surface area contributed by atoms with Gasteiger partial charge in [-0.3, -0.25) is 4.79 Å². The summed E-state index contributed by atoms with van der Waals surface area (Å²) >= 11 is 0. The summed E-state index contributed by atoms with van der Waals surface area (Å²) < 4.78 is 7.91. The second kappa shape index (κ2) is 14.4. The molecule has 1 aliphatic rings. The number of nitrogens with one attached hydrogen (secondary N) is 1. The zero-order chi connectivity index (χ0) is 19.6. The molecule has 3 rings (SSSR count). The van der Waals surface area contributed by atoms with E-state index < -0.39 is 6.04 Å². The monoisotopic (exact) mass is 456 g/mol. The molecule has 30 heavy (non-hydrogen) atoms. The summed E-state index contributed by atoms with van der Waals surface area (Å²) in [6.45, 7) is 1.81. The molecule has 1 heterocycles. The van der Waals surface area contributed by atoms with Crippen molar-refractivity contribution in [2.75, 3.05) is 13.2 Å². The van der Waals surface area contributed by atoms with E-state index in [1.165, 1.54) is 31.2 Å². The number of hydrogen-bond acceptors (Lipinski definition) is 4. The zero-order valence-electron chi connectivity index (χ0n) is 17.4. The average Bonchev–Trinajstić information content (AvgIpc) is 2.97. The highest BCUT2D eigenvalue weighted by molar-refractivity contribution is 5.85. The van der Waals surface area contributed by atoms with Gasteiger partial charge in [-0.15, -0.1) is 24.8 Å². The molecule has 6 nitrogen and oxygen atoms in total. The van der Waals surface area contributed by atoms with E-state index in [9.17, 15) is 4.79 Å². The van der Waals surface area contributed by atoms with Gasteiger partial charge in [0.05, 0.1) is 30.8 Å². The van der Waals surface area contributed by atoms with Crippen LogP contribution in [0.3, 0.4) is 0 Å². The van der Waals surface area contributed by atoms with E-state index >= 15 is 0 Å². The number of carbonyl (C=O) groups excluding carboxylic acids is 1. The van der Waals surface area contributed by atoms with E-state index in [0.717, 1.165) is 25.1 Å². The fraction of sp³-hybridized carbons (Fsp3) is 0.545. The first-order valence-corrected chi connectivity index (χ1v) is 10.4. The van der Waals surface area contributed by atoms with Crippen molar-refractivity contribution in [3.63, 3.8) is 0 Å². The van der Waals surface area contributed by atoms with Crippen molar-refractivity contribution in [1.29, 1.82) is 0 Å². The maximum Gasteiger partial charge on any atom is 0.237 e. The zero-order valence-corrected chi connectivity index (χ0v) is 19.0. The molecule has 0 radical (unpaired) electrons. The van der Waals surface area contributed by atoms with E-state index in [2.05, 4.69) is 22.4 Å². The molecule has 1 aliphatic carbocycles. The van der Waals surface area contributed by atoms with Gasteiger partial charge in [0, 0.05) is 25.7 Å². The van der Waals surface area contributed by atoms with Crippen LogP contribution >= 0.6 is 24.8 Å². The fourth-order valence-electron chi connectivity index (χ4n) is 3.65. The molecule has 1 saturated carbocycles. The molecule has 2 aromatic rings. The lowest BCUT2D eigenvalue weighted by Crippen LogP contribution is -2.43. The van der Waals surface area contributed by atoms with Crippen molar-refractivity contribution in [3.8, 4) is 0 Å². The second-order valence-electron chi connectivity index (χ2n) is 7.61. The molecule has 3 N–H and O–H groups in total. The normalized spacial score (nSPS) is 15.4. The average molecular weight is 457 g/mol. The SMILES string of the molecule is Cl.Cl.N[C@@H](Cc1cn(Cc2ccccc2)cn1)C(=O)NCCOC1CCCCCC1. The summed E-state index contributed by atoms with van der Waals surface area (Å²) in [5.74, 6) is -0.151. The number of hydrogen-bond donors (Lipinski definition) is 2. The minimum absolute atomic E-state index is 0. The number of aromatic nitrogens is 2. The lowest BCUT2D eigenvalue weighted by Gasteiger charge is -2.16. The van der Waals surface area contributed by atoms with Gasteiger partial charge < -0.3 is 20.4 Å². The highest BCUT2D eigenvalue weighted by Gasteiger charge is 2.16. The minimum Gasteiger partial charge on any atom is -0.376 e. The smallest absolute Gasteiger partial charge is 0.237 e. The molecule has 0 saturated heterocycles. The van der Waals surface area contributed by atoms with Gasteiger partial charge >= 0.3 is 0 Å². The summed E-state index contributed by atoms with van der Waals surface area (Å²) in [5, 5.41) is 2.88. The molecule has 1 aromatic heterocycles. The van der Waals surface area contributed by atoms with Crippen molar-refractivity contribution in [2.24, 2.45) is 5.73 Å². The Labute approximate surface area is 191 Å². The van der Waals surface area contributed by atoms with Gasteiger partial charge in [-0.1, -0.05) is 56.0 Å². The quantitative estimate of drug-likeness (QED) is 0.446. The van der Waals surface area contributed by atoms with Crippen molar-refractivity contribution in [1.82, 2.24) is 14.9 Å². The third-order valence-electron chi connectivity index (χ3n) is 5.22. The number of imidazole rings is 1. The Bertz CT molecular complexity index is 719. The number of amides is 1.